The average molecular weight is 759 g/mol. The Labute approximate surface area is 323 Å². The Hall–Kier alpha value is -5.93. The molecule has 5 aromatic rings. The molecule has 3 amide bonds. The molecule has 15 heteroatoms. The number of nitrogens with zero attached hydrogens (tertiary/aromatic N) is 8. The van der Waals surface area contributed by atoms with E-state index in [0.29, 0.717) is 38.4 Å². The summed E-state index contributed by atoms with van der Waals surface area (Å²) in [6, 6.07) is 22.0. The van der Waals surface area contributed by atoms with Crippen LogP contribution in [-0.4, -0.2) is 106 Å². The smallest absolute Gasteiger partial charge is 0.255 e. The van der Waals surface area contributed by atoms with Crippen LogP contribution in [-0.2, 0) is 20.9 Å². The number of piperazine rings is 1. The number of halogens is 1. The van der Waals surface area contributed by atoms with E-state index in [2.05, 4.69) is 30.3 Å². The topological polar surface area (TPSA) is 141 Å². The Morgan fingerprint density at radius 3 is 2.61 bits per heavy atom. The van der Waals surface area contributed by atoms with Crippen LogP contribution in [0, 0.1) is 5.82 Å². The first-order valence-electron chi connectivity index (χ1n) is 19.3. The zero-order chi connectivity index (χ0) is 38.2. The first-order valence-corrected chi connectivity index (χ1v) is 19.3. The Morgan fingerprint density at radius 2 is 1.75 bits per heavy atom. The number of pyridine rings is 1. The molecule has 0 spiro atoms. The van der Waals surface area contributed by atoms with Crippen molar-refractivity contribution in [1.82, 2.24) is 34.7 Å². The van der Waals surface area contributed by atoms with Crippen LogP contribution in [0.4, 0.5) is 21.7 Å². The number of nitrogens with one attached hydrogen (secondary N) is 2. The maximum absolute atomic E-state index is 14.1. The van der Waals surface area contributed by atoms with Gasteiger partial charge in [0.1, 0.15) is 29.2 Å². The number of carbonyl (C=O) groups excluding carboxylic acids is 3. The fraction of sp³-hybridized carbons (Fsp3) is 0.366. The number of hydrogen-bond acceptors (Lipinski definition) is 11. The Morgan fingerprint density at radius 1 is 0.875 bits per heavy atom. The number of piperidine rings is 1. The summed E-state index contributed by atoms with van der Waals surface area (Å²) in [7, 11) is 0. The van der Waals surface area contributed by atoms with Crippen LogP contribution in [0.5, 0.6) is 0 Å². The van der Waals surface area contributed by atoms with Gasteiger partial charge in [0.25, 0.3) is 5.91 Å². The molecular weight excluding hydrogens is 716 g/mol. The van der Waals surface area contributed by atoms with E-state index >= 15 is 0 Å². The number of aromatic nitrogens is 4. The lowest BCUT2D eigenvalue weighted by Gasteiger charge is -2.35. The molecule has 2 N–H and O–H groups in total. The monoisotopic (exact) mass is 758 g/mol. The quantitative estimate of drug-likeness (QED) is 0.148. The highest BCUT2D eigenvalue weighted by Crippen LogP contribution is 2.36. The number of ether oxygens (including phenoxy) is 1. The highest BCUT2D eigenvalue weighted by Gasteiger charge is 2.39. The van der Waals surface area contributed by atoms with E-state index in [1.165, 1.54) is 6.07 Å². The van der Waals surface area contributed by atoms with Gasteiger partial charge < -0.3 is 24.8 Å². The van der Waals surface area contributed by atoms with E-state index in [0.717, 1.165) is 91.1 Å². The number of amides is 3. The fourth-order valence-electron chi connectivity index (χ4n) is 8.27. The first kappa shape index (κ1) is 35.8. The minimum absolute atomic E-state index is 0.0660. The molecule has 2 unspecified atom stereocenters. The van der Waals surface area contributed by atoms with E-state index in [-0.39, 0.29) is 30.1 Å². The molecule has 4 aliphatic heterocycles. The summed E-state index contributed by atoms with van der Waals surface area (Å²) in [4.78, 5) is 55.1. The lowest BCUT2D eigenvalue weighted by atomic mass is 10.0. The number of benzene rings is 2. The van der Waals surface area contributed by atoms with Crippen LogP contribution in [0.15, 0.2) is 79.0 Å². The third-order valence-electron chi connectivity index (χ3n) is 11.2. The predicted octanol–water partition coefficient (Wildman–Crippen LogP) is 4.24. The largest absolute Gasteiger partial charge is 0.383 e. The molecule has 3 fully saturated rings. The lowest BCUT2D eigenvalue weighted by molar-refractivity contribution is -0.136. The number of imidazole rings is 1. The molecule has 14 nitrogen and oxygen atoms in total. The molecule has 2 aromatic carbocycles. The van der Waals surface area contributed by atoms with Gasteiger partial charge in [-0.05, 0) is 78.9 Å². The summed E-state index contributed by atoms with van der Waals surface area (Å²) >= 11 is 0. The van der Waals surface area contributed by atoms with E-state index in [9.17, 15) is 18.8 Å². The normalized spacial score (nSPS) is 20.2. The number of anilines is 3. The maximum Gasteiger partial charge on any atom is 0.255 e. The van der Waals surface area contributed by atoms with Crippen LogP contribution in [0.25, 0.3) is 17.0 Å². The molecule has 9 rings (SSSR count). The molecule has 0 saturated carbocycles. The zero-order valence-electron chi connectivity index (χ0n) is 30.9. The number of hydrogen-bond donors (Lipinski definition) is 2. The van der Waals surface area contributed by atoms with Crippen molar-refractivity contribution in [2.24, 2.45) is 0 Å². The average Bonchev–Trinajstić information content (AvgIpc) is 3.96. The van der Waals surface area contributed by atoms with Gasteiger partial charge in [0, 0.05) is 63.5 Å². The van der Waals surface area contributed by atoms with Gasteiger partial charge in [-0.3, -0.25) is 24.6 Å². The Kier molecular flexibility index (Phi) is 9.77. The van der Waals surface area contributed by atoms with E-state index in [1.807, 2.05) is 65.3 Å². The number of fused-ring (bicyclic) bond motifs is 2. The second kappa shape index (κ2) is 15.3. The molecule has 288 valence electrons. The van der Waals surface area contributed by atoms with Gasteiger partial charge in [-0.2, -0.15) is 0 Å². The molecule has 4 aliphatic rings. The minimum atomic E-state index is -0.624. The van der Waals surface area contributed by atoms with E-state index < -0.39 is 11.9 Å². The van der Waals surface area contributed by atoms with Crippen molar-refractivity contribution in [3.63, 3.8) is 0 Å². The van der Waals surface area contributed by atoms with Crippen LogP contribution in [0.3, 0.4) is 0 Å². The zero-order valence-corrected chi connectivity index (χ0v) is 30.9. The van der Waals surface area contributed by atoms with Gasteiger partial charge in [-0.15, -0.1) is 5.10 Å². The third-order valence-corrected chi connectivity index (χ3v) is 11.2. The molecule has 0 radical (unpaired) electrons. The van der Waals surface area contributed by atoms with Crippen LogP contribution >= 0.6 is 0 Å². The van der Waals surface area contributed by atoms with E-state index in [4.69, 9.17) is 14.8 Å². The second-order valence-corrected chi connectivity index (χ2v) is 14.7. The summed E-state index contributed by atoms with van der Waals surface area (Å²) in [6.45, 7) is 6.07. The maximum atomic E-state index is 14.1. The van der Waals surface area contributed by atoms with Gasteiger partial charge in [0.05, 0.1) is 31.3 Å². The van der Waals surface area contributed by atoms with Crippen LogP contribution in [0.2, 0.25) is 0 Å². The number of imide groups is 1. The predicted molar refractivity (Wildman–Crippen MR) is 208 cm³/mol. The summed E-state index contributed by atoms with van der Waals surface area (Å²) in [5.74, 6) is 0.611. The van der Waals surface area contributed by atoms with Gasteiger partial charge in [-0.1, -0.05) is 24.3 Å². The van der Waals surface area contributed by atoms with Crippen molar-refractivity contribution >= 4 is 40.7 Å². The Balaban J connectivity index is 0.761. The molecule has 3 aromatic heterocycles. The Bertz CT molecular complexity index is 2290. The number of carbonyl (C=O) groups is 3. The summed E-state index contributed by atoms with van der Waals surface area (Å²) < 4.78 is 21.9. The van der Waals surface area contributed by atoms with Crippen molar-refractivity contribution in [1.29, 1.82) is 0 Å². The van der Waals surface area contributed by atoms with Crippen molar-refractivity contribution in [2.75, 3.05) is 67.7 Å². The number of rotatable bonds is 11. The molecule has 7 heterocycles. The van der Waals surface area contributed by atoms with Gasteiger partial charge in [-0.25, -0.2) is 18.9 Å². The second-order valence-electron chi connectivity index (χ2n) is 14.7. The standard InChI is InChI=1S/C41H43FN10O4/c42-29-5-1-4-27(22-29)33-7-3-16-50(33)38-13-12-36-44-24-35(52(36)47-38)32-6-2-8-37(45-32)49-19-17-48(18-20-49)26-56-21-15-43-30-10-9-28-25-51(41(55)31(28)23-30)34-11-14-39(53)46-40(34)54/h1-2,4-6,8-10,12-13,22-24,33-34,43H,3,7,11,14-21,25-26H2,(H,46,53,54). The molecule has 0 aliphatic carbocycles. The lowest BCUT2D eigenvalue weighted by Crippen LogP contribution is -2.52. The highest BCUT2D eigenvalue weighted by atomic mass is 19.1. The molecule has 2 atom stereocenters. The first-order chi connectivity index (χ1) is 27.4. The van der Waals surface area contributed by atoms with Gasteiger partial charge in [0.15, 0.2) is 5.65 Å². The van der Waals surface area contributed by atoms with Crippen molar-refractivity contribution in [3.8, 4) is 11.4 Å². The fourth-order valence-corrected chi connectivity index (χ4v) is 8.27. The highest BCUT2D eigenvalue weighted by molar-refractivity contribution is 6.05. The molecule has 3 saturated heterocycles. The van der Waals surface area contributed by atoms with Crippen molar-refractivity contribution in [2.45, 2.75) is 44.3 Å². The van der Waals surface area contributed by atoms with E-state index in [1.54, 1.807) is 17.0 Å². The van der Waals surface area contributed by atoms with Crippen LogP contribution in [0.1, 0.15) is 53.2 Å². The molecule has 56 heavy (non-hydrogen) atoms. The summed E-state index contributed by atoms with van der Waals surface area (Å²) in [5.41, 5.74) is 5.57. The van der Waals surface area contributed by atoms with Crippen molar-refractivity contribution < 1.29 is 23.5 Å². The van der Waals surface area contributed by atoms with Crippen molar-refractivity contribution in [3.05, 3.63) is 102 Å². The molecule has 0 bridgehead atoms. The summed E-state index contributed by atoms with van der Waals surface area (Å²) in [6.07, 6.45) is 4.35. The summed E-state index contributed by atoms with van der Waals surface area (Å²) in [5, 5.41) is 10.7. The SMILES string of the molecule is O=C1CCC(N2Cc3ccc(NCCOCN4CCN(c5cccc(-c6cnc7ccc(N8CCCC8c8cccc(F)c8)nn67)n5)CC4)cc3C2=O)C(=O)N1. The minimum Gasteiger partial charge on any atom is -0.383 e. The van der Waals surface area contributed by atoms with Gasteiger partial charge >= 0.3 is 0 Å². The van der Waals surface area contributed by atoms with Crippen LogP contribution < -0.4 is 20.4 Å². The molecular formula is C41H43FN10O4. The third kappa shape index (κ3) is 7.15. The van der Waals surface area contributed by atoms with Gasteiger partial charge in [0.2, 0.25) is 11.8 Å².